The Bertz CT molecular complexity index is 801. The van der Waals surface area contributed by atoms with Crippen LogP contribution < -0.4 is 4.90 Å². The number of nitrogens with zero attached hydrogens (tertiary/aromatic N) is 1. The number of rotatable bonds is 6. The number of nitrogens with one attached hydrogen (secondary N) is 1. The highest BCUT2D eigenvalue weighted by molar-refractivity contribution is 7.89. The lowest BCUT2D eigenvalue weighted by Crippen LogP contribution is -3.18. The first kappa shape index (κ1) is 19.0. The summed E-state index contributed by atoms with van der Waals surface area (Å²) in [7, 11) is -3.53. The minimum Gasteiger partial charge on any atom is -0.331 e. The van der Waals surface area contributed by atoms with Gasteiger partial charge in [0.25, 0.3) is 0 Å². The van der Waals surface area contributed by atoms with Crippen LogP contribution >= 0.6 is 0 Å². The number of aryl methyl sites for hydroxylation is 1. The van der Waals surface area contributed by atoms with Gasteiger partial charge < -0.3 is 4.90 Å². The molecule has 26 heavy (non-hydrogen) atoms. The normalized spacial score (nSPS) is 17.9. The molecule has 1 aliphatic rings. The van der Waals surface area contributed by atoms with Gasteiger partial charge in [0.2, 0.25) is 10.0 Å². The number of piperazine rings is 1. The van der Waals surface area contributed by atoms with E-state index in [-0.39, 0.29) is 4.90 Å². The number of halogens is 1. The van der Waals surface area contributed by atoms with Crippen molar-refractivity contribution in [2.24, 2.45) is 0 Å². The highest BCUT2D eigenvalue weighted by Gasteiger charge is 2.32. The molecule has 2 aromatic rings. The molecule has 1 aliphatic heterocycles. The molecule has 4 nitrogen and oxygen atoms in total. The van der Waals surface area contributed by atoms with Gasteiger partial charge in [-0.05, 0) is 43.2 Å². The molecule has 0 radical (unpaired) electrons. The zero-order chi connectivity index (χ0) is 18.6. The second kappa shape index (κ2) is 8.29. The van der Waals surface area contributed by atoms with Gasteiger partial charge in [0.1, 0.15) is 5.82 Å². The fraction of sp³-hybridized carbons (Fsp3) is 0.400. The Morgan fingerprint density at radius 1 is 1.04 bits per heavy atom. The van der Waals surface area contributed by atoms with Crippen molar-refractivity contribution in [3.05, 3.63) is 66.0 Å². The van der Waals surface area contributed by atoms with Crippen molar-refractivity contribution >= 4 is 10.0 Å². The Morgan fingerprint density at radius 3 is 2.27 bits per heavy atom. The first-order valence-corrected chi connectivity index (χ1v) is 10.5. The predicted molar refractivity (Wildman–Crippen MR) is 100 cm³/mol. The van der Waals surface area contributed by atoms with Crippen LogP contribution in [-0.2, 0) is 16.4 Å². The number of benzene rings is 2. The molecule has 0 unspecified atom stereocenters. The number of hydrogen-bond acceptors (Lipinski definition) is 2. The third kappa shape index (κ3) is 4.50. The average molecular weight is 378 g/mol. The Morgan fingerprint density at radius 2 is 1.65 bits per heavy atom. The second-order valence-corrected chi connectivity index (χ2v) is 8.88. The Labute approximate surface area is 155 Å². The SMILES string of the molecule is C[C@H](CCc1ccccc1)[NH+]1CCN(S(=O)(=O)c2ccc(F)cc2)CC1. The summed E-state index contributed by atoms with van der Waals surface area (Å²) < 4.78 is 39.9. The second-order valence-electron chi connectivity index (χ2n) is 6.94. The van der Waals surface area contributed by atoms with Crippen LogP contribution in [0.25, 0.3) is 0 Å². The van der Waals surface area contributed by atoms with Gasteiger partial charge in [-0.25, -0.2) is 12.8 Å². The summed E-state index contributed by atoms with van der Waals surface area (Å²) in [5.41, 5.74) is 1.34. The largest absolute Gasteiger partial charge is 0.331 e. The molecule has 0 spiro atoms. The van der Waals surface area contributed by atoms with E-state index in [1.54, 1.807) is 0 Å². The van der Waals surface area contributed by atoms with E-state index < -0.39 is 15.8 Å². The van der Waals surface area contributed by atoms with Gasteiger partial charge in [0.05, 0.1) is 37.1 Å². The first-order chi connectivity index (χ1) is 12.5. The first-order valence-electron chi connectivity index (χ1n) is 9.11. The molecule has 6 heteroatoms. The molecule has 140 valence electrons. The van der Waals surface area contributed by atoms with Crippen LogP contribution in [0, 0.1) is 5.82 Å². The topological polar surface area (TPSA) is 41.8 Å². The third-order valence-corrected chi connectivity index (χ3v) is 7.13. The van der Waals surface area contributed by atoms with Crippen LogP contribution in [0.4, 0.5) is 4.39 Å². The predicted octanol–water partition coefficient (Wildman–Crippen LogP) is 1.74. The molecule has 0 saturated carbocycles. The van der Waals surface area contributed by atoms with Crippen LogP contribution in [-0.4, -0.2) is 44.9 Å². The molecule has 2 aromatic carbocycles. The maximum absolute atomic E-state index is 13.0. The van der Waals surface area contributed by atoms with Gasteiger partial charge in [-0.3, -0.25) is 0 Å². The van der Waals surface area contributed by atoms with Crippen molar-refractivity contribution in [2.45, 2.75) is 30.7 Å². The molecule has 1 saturated heterocycles. The van der Waals surface area contributed by atoms with E-state index in [9.17, 15) is 12.8 Å². The standard InChI is InChI=1S/C20H25FN2O2S/c1-17(7-8-18-5-3-2-4-6-18)22-13-15-23(16-14-22)26(24,25)20-11-9-19(21)10-12-20/h2-6,9-12,17H,7-8,13-16H2,1H3/p+1/t17-/m1/s1. The van der Waals surface area contributed by atoms with E-state index in [1.165, 1.54) is 39.0 Å². The molecule has 0 aromatic heterocycles. The molecular weight excluding hydrogens is 351 g/mol. The van der Waals surface area contributed by atoms with E-state index in [0.717, 1.165) is 25.9 Å². The maximum Gasteiger partial charge on any atom is 0.243 e. The minimum atomic E-state index is -3.53. The molecule has 0 bridgehead atoms. The lowest BCUT2D eigenvalue weighted by Gasteiger charge is -2.34. The van der Waals surface area contributed by atoms with Gasteiger partial charge in [0, 0.05) is 6.42 Å². The van der Waals surface area contributed by atoms with Crippen molar-refractivity contribution in [1.82, 2.24) is 4.31 Å². The van der Waals surface area contributed by atoms with Crippen molar-refractivity contribution in [3.8, 4) is 0 Å². The van der Waals surface area contributed by atoms with E-state index in [1.807, 2.05) is 6.07 Å². The van der Waals surface area contributed by atoms with Crippen molar-refractivity contribution in [3.63, 3.8) is 0 Å². The zero-order valence-electron chi connectivity index (χ0n) is 15.1. The van der Waals surface area contributed by atoms with E-state index >= 15 is 0 Å². The highest BCUT2D eigenvalue weighted by atomic mass is 32.2. The highest BCUT2D eigenvalue weighted by Crippen LogP contribution is 2.16. The fourth-order valence-electron chi connectivity index (χ4n) is 3.49. The van der Waals surface area contributed by atoms with E-state index in [0.29, 0.717) is 19.1 Å². The average Bonchev–Trinajstić information content (AvgIpc) is 2.67. The number of quaternary nitrogens is 1. The Kier molecular flexibility index (Phi) is 6.06. The van der Waals surface area contributed by atoms with Crippen LogP contribution in [0.2, 0.25) is 0 Å². The molecule has 0 aliphatic carbocycles. The molecule has 0 amide bonds. The van der Waals surface area contributed by atoms with E-state index in [4.69, 9.17) is 0 Å². The van der Waals surface area contributed by atoms with Crippen LogP contribution in [0.1, 0.15) is 18.9 Å². The van der Waals surface area contributed by atoms with Gasteiger partial charge in [-0.2, -0.15) is 4.31 Å². The molecule has 3 rings (SSSR count). The van der Waals surface area contributed by atoms with Crippen molar-refractivity contribution < 1.29 is 17.7 Å². The summed E-state index contributed by atoms with van der Waals surface area (Å²) in [4.78, 5) is 1.62. The Balaban J connectivity index is 1.54. The van der Waals surface area contributed by atoms with Gasteiger partial charge in [0.15, 0.2) is 0 Å². The van der Waals surface area contributed by atoms with Gasteiger partial charge in [-0.1, -0.05) is 30.3 Å². The third-order valence-electron chi connectivity index (χ3n) is 5.22. The van der Waals surface area contributed by atoms with E-state index in [2.05, 4.69) is 31.2 Å². The number of hydrogen-bond donors (Lipinski definition) is 1. The number of sulfonamides is 1. The van der Waals surface area contributed by atoms with Crippen molar-refractivity contribution in [2.75, 3.05) is 26.2 Å². The quantitative estimate of drug-likeness (QED) is 0.833. The molecule has 1 heterocycles. The zero-order valence-corrected chi connectivity index (χ0v) is 15.9. The fourth-order valence-corrected chi connectivity index (χ4v) is 4.94. The summed E-state index contributed by atoms with van der Waals surface area (Å²) in [6, 6.07) is 16.0. The molecule has 1 fully saturated rings. The summed E-state index contributed by atoms with van der Waals surface area (Å²) in [5, 5.41) is 0. The monoisotopic (exact) mass is 377 g/mol. The van der Waals surface area contributed by atoms with Gasteiger partial charge >= 0.3 is 0 Å². The smallest absolute Gasteiger partial charge is 0.243 e. The van der Waals surface area contributed by atoms with Crippen molar-refractivity contribution in [1.29, 1.82) is 0 Å². The summed E-state index contributed by atoms with van der Waals surface area (Å²) in [6.45, 7) is 4.85. The van der Waals surface area contributed by atoms with Gasteiger partial charge in [-0.15, -0.1) is 0 Å². The van der Waals surface area contributed by atoms with Crippen LogP contribution in [0.3, 0.4) is 0 Å². The summed E-state index contributed by atoms with van der Waals surface area (Å²) in [5.74, 6) is -0.426. The van der Waals surface area contributed by atoms with Crippen LogP contribution in [0.5, 0.6) is 0 Å². The maximum atomic E-state index is 13.0. The van der Waals surface area contributed by atoms with Crippen LogP contribution in [0.15, 0.2) is 59.5 Å². The summed E-state index contributed by atoms with van der Waals surface area (Å²) >= 11 is 0. The minimum absolute atomic E-state index is 0.166. The molecular formula is C20H26FN2O2S+. The lowest BCUT2D eigenvalue weighted by atomic mass is 10.0. The lowest BCUT2D eigenvalue weighted by molar-refractivity contribution is -0.927. The Hall–Kier alpha value is -1.76. The summed E-state index contributed by atoms with van der Waals surface area (Å²) in [6.07, 6.45) is 2.13. The molecule has 1 N–H and O–H groups in total. The molecule has 1 atom stereocenters.